The second-order valence-electron chi connectivity index (χ2n) is 4.45. The molecular formula is C13H14BrN3. The zero-order valence-electron chi connectivity index (χ0n) is 9.73. The molecule has 3 nitrogen and oxygen atoms in total. The van der Waals surface area contributed by atoms with Crippen molar-refractivity contribution >= 4 is 15.9 Å². The molecule has 3 rings (SSSR count). The van der Waals surface area contributed by atoms with E-state index in [1.807, 2.05) is 22.9 Å². The van der Waals surface area contributed by atoms with Gasteiger partial charge in [0.1, 0.15) is 4.60 Å². The Bertz CT molecular complexity index is 533. The molecule has 0 fully saturated rings. The van der Waals surface area contributed by atoms with Crippen molar-refractivity contribution in [1.29, 1.82) is 0 Å². The summed E-state index contributed by atoms with van der Waals surface area (Å²) >= 11 is 3.68. The zero-order valence-corrected chi connectivity index (χ0v) is 11.3. The second kappa shape index (κ2) is 4.27. The van der Waals surface area contributed by atoms with Gasteiger partial charge in [0.25, 0.3) is 0 Å². The van der Waals surface area contributed by atoms with Crippen LogP contribution in [0.25, 0.3) is 5.69 Å². The van der Waals surface area contributed by atoms with Gasteiger partial charge >= 0.3 is 0 Å². The number of nitrogens with zero attached hydrogens (tertiary/aromatic N) is 3. The maximum absolute atomic E-state index is 4.70. The minimum atomic E-state index is 0.938. The van der Waals surface area contributed by atoms with E-state index < -0.39 is 0 Å². The van der Waals surface area contributed by atoms with Gasteiger partial charge in [0.15, 0.2) is 0 Å². The molecule has 1 aliphatic rings. The third-order valence-electron chi connectivity index (χ3n) is 3.17. The normalized spacial score (nSPS) is 15.9. The summed E-state index contributed by atoms with van der Waals surface area (Å²) in [6, 6.07) is 10.2. The average Bonchev–Trinajstić information content (AvgIpc) is 2.67. The van der Waals surface area contributed by atoms with E-state index in [1.165, 1.54) is 11.3 Å². The van der Waals surface area contributed by atoms with Crippen molar-refractivity contribution in [1.82, 2.24) is 14.7 Å². The van der Waals surface area contributed by atoms with Crippen LogP contribution in [0.4, 0.5) is 0 Å². The number of rotatable bonds is 1. The molecule has 2 aromatic rings. The lowest BCUT2D eigenvalue weighted by atomic mass is 10.1. The molecular weight excluding hydrogens is 278 g/mol. The van der Waals surface area contributed by atoms with Crippen molar-refractivity contribution in [3.63, 3.8) is 0 Å². The van der Waals surface area contributed by atoms with Gasteiger partial charge < -0.3 is 4.90 Å². The summed E-state index contributed by atoms with van der Waals surface area (Å²) in [5, 5.41) is 4.70. The maximum atomic E-state index is 4.70. The first-order valence-electron chi connectivity index (χ1n) is 5.76. The Balaban J connectivity index is 2.08. The predicted octanol–water partition coefficient (Wildman–Crippen LogP) is 2.62. The number of likely N-dealkylation sites (N-methyl/N-ethyl adjacent to an activating group) is 1. The van der Waals surface area contributed by atoms with Crippen LogP contribution in [0.15, 0.2) is 34.9 Å². The summed E-state index contributed by atoms with van der Waals surface area (Å²) in [6.45, 7) is 2.04. The van der Waals surface area contributed by atoms with E-state index in [2.05, 4.69) is 40.0 Å². The van der Waals surface area contributed by atoms with Crippen molar-refractivity contribution < 1.29 is 0 Å². The van der Waals surface area contributed by atoms with E-state index in [1.54, 1.807) is 0 Å². The molecule has 0 unspecified atom stereocenters. The molecule has 17 heavy (non-hydrogen) atoms. The smallest absolute Gasteiger partial charge is 0.113 e. The Morgan fingerprint density at radius 3 is 2.76 bits per heavy atom. The molecule has 0 spiro atoms. The summed E-state index contributed by atoms with van der Waals surface area (Å²) in [4.78, 5) is 2.30. The second-order valence-corrected chi connectivity index (χ2v) is 5.20. The first-order chi connectivity index (χ1) is 8.25. The van der Waals surface area contributed by atoms with E-state index in [4.69, 9.17) is 5.10 Å². The highest BCUT2D eigenvalue weighted by Gasteiger charge is 2.21. The molecule has 1 aromatic carbocycles. The van der Waals surface area contributed by atoms with Gasteiger partial charge in [0, 0.05) is 18.7 Å². The molecule has 0 radical (unpaired) electrons. The van der Waals surface area contributed by atoms with Gasteiger partial charge in [-0.25, -0.2) is 4.68 Å². The average molecular weight is 292 g/mol. The van der Waals surface area contributed by atoms with Gasteiger partial charge in [-0.1, -0.05) is 18.2 Å². The van der Waals surface area contributed by atoms with Crippen LogP contribution < -0.4 is 0 Å². The van der Waals surface area contributed by atoms with Gasteiger partial charge in [-0.15, -0.1) is 0 Å². The van der Waals surface area contributed by atoms with E-state index >= 15 is 0 Å². The Morgan fingerprint density at radius 1 is 1.24 bits per heavy atom. The molecule has 1 aliphatic heterocycles. The lowest BCUT2D eigenvalue weighted by molar-refractivity contribution is 0.308. The third-order valence-corrected chi connectivity index (χ3v) is 3.98. The Hall–Kier alpha value is -1.13. The van der Waals surface area contributed by atoms with Crippen molar-refractivity contribution in [2.45, 2.75) is 13.0 Å². The molecule has 0 saturated carbocycles. The van der Waals surface area contributed by atoms with E-state index in [0.29, 0.717) is 0 Å². The standard InChI is InChI=1S/C13H14BrN3/c1-16-8-7-11-12(9-16)15-17(13(11)14)10-5-3-2-4-6-10/h2-6H,7-9H2,1H3. The SMILES string of the molecule is CN1CCc2c(nn(-c3ccccc3)c2Br)C1. The number of fused-ring (bicyclic) bond motifs is 1. The Kier molecular flexibility index (Phi) is 2.76. The van der Waals surface area contributed by atoms with Crippen LogP contribution in [0.3, 0.4) is 0 Å². The quantitative estimate of drug-likeness (QED) is 0.805. The fourth-order valence-electron chi connectivity index (χ4n) is 2.22. The van der Waals surface area contributed by atoms with Gasteiger partial charge in [-0.3, -0.25) is 0 Å². The first kappa shape index (κ1) is 11.0. The number of halogens is 1. The molecule has 88 valence electrons. The monoisotopic (exact) mass is 291 g/mol. The highest BCUT2D eigenvalue weighted by molar-refractivity contribution is 9.10. The molecule has 1 aromatic heterocycles. The number of hydrogen-bond acceptors (Lipinski definition) is 2. The molecule has 4 heteroatoms. The lowest BCUT2D eigenvalue weighted by Gasteiger charge is -2.20. The van der Waals surface area contributed by atoms with Gasteiger partial charge in [0.2, 0.25) is 0 Å². The van der Waals surface area contributed by atoms with Crippen LogP contribution >= 0.6 is 15.9 Å². The predicted molar refractivity (Wildman–Crippen MR) is 71.3 cm³/mol. The molecule has 0 amide bonds. The summed E-state index contributed by atoms with van der Waals surface area (Å²) in [5.74, 6) is 0. The molecule has 0 atom stereocenters. The minimum Gasteiger partial charge on any atom is -0.300 e. The van der Waals surface area contributed by atoms with Crippen LogP contribution in [0.2, 0.25) is 0 Å². The molecule has 0 bridgehead atoms. The summed E-state index contributed by atoms with van der Waals surface area (Å²) in [6.07, 6.45) is 1.07. The van der Waals surface area contributed by atoms with Crippen molar-refractivity contribution in [2.75, 3.05) is 13.6 Å². The summed E-state index contributed by atoms with van der Waals surface area (Å²) < 4.78 is 3.09. The summed E-state index contributed by atoms with van der Waals surface area (Å²) in [5.41, 5.74) is 3.65. The zero-order chi connectivity index (χ0) is 11.8. The van der Waals surface area contributed by atoms with Crippen LogP contribution in [0, 0.1) is 0 Å². The largest absolute Gasteiger partial charge is 0.300 e. The highest BCUT2D eigenvalue weighted by Crippen LogP contribution is 2.27. The molecule has 0 saturated heterocycles. The van der Waals surface area contributed by atoms with Gasteiger partial charge in [0.05, 0.1) is 11.4 Å². The van der Waals surface area contributed by atoms with Crippen molar-refractivity contribution in [3.8, 4) is 5.69 Å². The van der Waals surface area contributed by atoms with Crippen molar-refractivity contribution in [3.05, 3.63) is 46.2 Å². The first-order valence-corrected chi connectivity index (χ1v) is 6.55. The minimum absolute atomic E-state index is 0.938. The third kappa shape index (κ3) is 1.91. The topological polar surface area (TPSA) is 21.1 Å². The van der Waals surface area contributed by atoms with Crippen LogP contribution in [0.5, 0.6) is 0 Å². The van der Waals surface area contributed by atoms with E-state index in [0.717, 1.165) is 29.8 Å². The maximum Gasteiger partial charge on any atom is 0.113 e. The van der Waals surface area contributed by atoms with Crippen LogP contribution in [0.1, 0.15) is 11.3 Å². The number of para-hydroxylation sites is 1. The highest BCUT2D eigenvalue weighted by atomic mass is 79.9. The van der Waals surface area contributed by atoms with E-state index in [9.17, 15) is 0 Å². The molecule has 0 aliphatic carbocycles. The number of benzene rings is 1. The summed E-state index contributed by atoms with van der Waals surface area (Å²) in [7, 11) is 2.14. The van der Waals surface area contributed by atoms with E-state index in [-0.39, 0.29) is 0 Å². The van der Waals surface area contributed by atoms with Crippen LogP contribution in [-0.2, 0) is 13.0 Å². The van der Waals surface area contributed by atoms with Crippen molar-refractivity contribution in [2.24, 2.45) is 0 Å². The Labute approximate surface area is 109 Å². The van der Waals surface area contributed by atoms with Gasteiger partial charge in [-0.05, 0) is 41.5 Å². The van der Waals surface area contributed by atoms with Gasteiger partial charge in [-0.2, -0.15) is 5.10 Å². The fraction of sp³-hybridized carbons (Fsp3) is 0.308. The molecule has 0 N–H and O–H groups in total. The number of hydrogen-bond donors (Lipinski definition) is 0. The number of aromatic nitrogens is 2. The Morgan fingerprint density at radius 2 is 2.00 bits per heavy atom. The molecule has 2 heterocycles. The van der Waals surface area contributed by atoms with Crippen LogP contribution in [-0.4, -0.2) is 28.3 Å². The lowest BCUT2D eigenvalue weighted by Crippen LogP contribution is -2.26. The fourth-order valence-corrected chi connectivity index (χ4v) is 2.94.